The van der Waals surface area contributed by atoms with Crippen molar-refractivity contribution in [1.82, 2.24) is 10.0 Å². The lowest BCUT2D eigenvalue weighted by molar-refractivity contribution is 0.574. The molecular formula is C15H26N2O2S2. The van der Waals surface area contributed by atoms with Crippen LogP contribution in [0.25, 0.3) is 0 Å². The largest absolute Gasteiger partial charge is 0.314 e. The zero-order valence-electron chi connectivity index (χ0n) is 12.9. The van der Waals surface area contributed by atoms with E-state index in [0.29, 0.717) is 16.8 Å². The van der Waals surface area contributed by atoms with Crippen molar-refractivity contribution in [3.63, 3.8) is 0 Å². The first-order valence-corrected chi connectivity index (χ1v) is 10.1. The van der Waals surface area contributed by atoms with Crippen LogP contribution in [0.2, 0.25) is 0 Å². The third-order valence-electron chi connectivity index (χ3n) is 3.60. The average Bonchev–Trinajstić information content (AvgIpc) is 3.11. The Labute approximate surface area is 132 Å². The number of sulfonamides is 1. The number of thiophene rings is 1. The maximum atomic E-state index is 12.2. The first-order valence-electron chi connectivity index (χ1n) is 7.79. The van der Waals surface area contributed by atoms with E-state index in [9.17, 15) is 8.42 Å². The molecule has 1 heterocycles. The number of hydrogen-bond acceptors (Lipinski definition) is 4. The summed E-state index contributed by atoms with van der Waals surface area (Å²) in [6.07, 6.45) is 5.62. The van der Waals surface area contributed by atoms with Crippen LogP contribution in [0, 0.1) is 5.92 Å². The Morgan fingerprint density at radius 2 is 2.05 bits per heavy atom. The molecule has 0 bridgehead atoms. The van der Waals surface area contributed by atoms with Gasteiger partial charge in [-0.05, 0) is 37.3 Å². The van der Waals surface area contributed by atoms with Crippen molar-refractivity contribution in [3.8, 4) is 0 Å². The molecule has 0 unspecified atom stereocenters. The van der Waals surface area contributed by atoms with Gasteiger partial charge < -0.3 is 5.32 Å². The second-order valence-electron chi connectivity index (χ2n) is 6.06. The van der Waals surface area contributed by atoms with Gasteiger partial charge in [0, 0.05) is 24.0 Å². The third kappa shape index (κ3) is 6.06. The van der Waals surface area contributed by atoms with E-state index in [1.165, 1.54) is 24.2 Å². The summed E-state index contributed by atoms with van der Waals surface area (Å²) in [5.74, 6) is 0.858. The number of nitrogens with one attached hydrogen (secondary N) is 2. The molecule has 0 aliphatic heterocycles. The van der Waals surface area contributed by atoms with Gasteiger partial charge in [-0.25, -0.2) is 13.1 Å². The minimum absolute atomic E-state index is 0.438. The summed E-state index contributed by atoms with van der Waals surface area (Å²) in [4.78, 5) is 1.11. The van der Waals surface area contributed by atoms with E-state index >= 15 is 0 Å². The van der Waals surface area contributed by atoms with E-state index in [0.717, 1.165) is 36.6 Å². The molecule has 0 saturated heterocycles. The number of rotatable bonds is 10. The van der Waals surface area contributed by atoms with E-state index in [-0.39, 0.29) is 0 Å². The second kappa shape index (κ2) is 7.72. The predicted octanol–water partition coefficient (Wildman–Crippen LogP) is 2.76. The minimum Gasteiger partial charge on any atom is -0.314 e. The van der Waals surface area contributed by atoms with Crippen molar-refractivity contribution in [2.45, 2.75) is 56.2 Å². The van der Waals surface area contributed by atoms with Crippen LogP contribution in [-0.2, 0) is 16.4 Å². The Morgan fingerprint density at radius 3 is 2.71 bits per heavy atom. The third-order valence-corrected chi connectivity index (χ3v) is 6.70. The molecule has 0 radical (unpaired) electrons. The van der Waals surface area contributed by atoms with Gasteiger partial charge in [0.25, 0.3) is 0 Å². The van der Waals surface area contributed by atoms with Crippen LogP contribution in [0.3, 0.4) is 0 Å². The van der Waals surface area contributed by atoms with E-state index < -0.39 is 10.0 Å². The Kier molecular flexibility index (Phi) is 6.22. The lowest BCUT2D eigenvalue weighted by Crippen LogP contribution is -2.24. The van der Waals surface area contributed by atoms with Crippen molar-refractivity contribution >= 4 is 21.4 Å². The fourth-order valence-corrected chi connectivity index (χ4v) is 4.67. The summed E-state index contributed by atoms with van der Waals surface area (Å²) in [5, 5.41) is 3.34. The zero-order chi connectivity index (χ0) is 15.3. The van der Waals surface area contributed by atoms with E-state index in [4.69, 9.17) is 0 Å². The van der Waals surface area contributed by atoms with Crippen LogP contribution >= 0.6 is 11.3 Å². The molecule has 21 heavy (non-hydrogen) atoms. The summed E-state index contributed by atoms with van der Waals surface area (Å²) in [7, 11) is -3.31. The quantitative estimate of drug-likeness (QED) is 0.649. The standard InChI is InChI=1S/C15H26N2O2S2/c1-12(2)16-11-9-14-7-8-15(20-14)21(18,19)17-10-3-4-13-5-6-13/h7-8,12-13,16-17H,3-6,9-11H2,1-2H3. The molecule has 2 rings (SSSR count). The molecule has 1 aliphatic rings. The van der Waals surface area contributed by atoms with Gasteiger partial charge in [-0.3, -0.25) is 0 Å². The molecule has 4 nitrogen and oxygen atoms in total. The van der Waals surface area contributed by atoms with E-state index in [2.05, 4.69) is 23.9 Å². The number of hydrogen-bond donors (Lipinski definition) is 2. The molecule has 120 valence electrons. The summed E-state index contributed by atoms with van der Waals surface area (Å²) < 4.78 is 27.5. The molecule has 2 N–H and O–H groups in total. The van der Waals surface area contributed by atoms with Crippen molar-refractivity contribution in [2.75, 3.05) is 13.1 Å². The maximum Gasteiger partial charge on any atom is 0.250 e. The lowest BCUT2D eigenvalue weighted by atomic mass is 10.2. The van der Waals surface area contributed by atoms with Crippen molar-refractivity contribution in [3.05, 3.63) is 17.0 Å². The normalized spacial score (nSPS) is 15.8. The first-order chi connectivity index (χ1) is 9.97. The highest BCUT2D eigenvalue weighted by Crippen LogP contribution is 2.33. The Morgan fingerprint density at radius 1 is 1.29 bits per heavy atom. The van der Waals surface area contributed by atoms with Crippen LogP contribution < -0.4 is 10.0 Å². The van der Waals surface area contributed by atoms with Gasteiger partial charge >= 0.3 is 0 Å². The molecule has 1 fully saturated rings. The minimum atomic E-state index is -3.31. The summed E-state index contributed by atoms with van der Waals surface area (Å²) in [6, 6.07) is 4.10. The molecule has 0 atom stereocenters. The summed E-state index contributed by atoms with van der Waals surface area (Å²) >= 11 is 1.38. The Bertz CT molecular complexity index is 534. The first kappa shape index (κ1) is 16.9. The monoisotopic (exact) mass is 330 g/mol. The fourth-order valence-electron chi connectivity index (χ4n) is 2.20. The van der Waals surface area contributed by atoms with Crippen LogP contribution in [0.1, 0.15) is 44.4 Å². The van der Waals surface area contributed by atoms with Crippen molar-refractivity contribution in [1.29, 1.82) is 0 Å². The van der Waals surface area contributed by atoms with Gasteiger partial charge in [0.2, 0.25) is 10.0 Å². The van der Waals surface area contributed by atoms with Crippen LogP contribution in [0.15, 0.2) is 16.3 Å². The fraction of sp³-hybridized carbons (Fsp3) is 0.733. The molecular weight excluding hydrogens is 304 g/mol. The Hall–Kier alpha value is -0.430. The molecule has 1 aromatic rings. The topological polar surface area (TPSA) is 58.2 Å². The van der Waals surface area contributed by atoms with E-state index in [1.807, 2.05) is 6.07 Å². The molecule has 0 aromatic carbocycles. The van der Waals surface area contributed by atoms with Crippen molar-refractivity contribution < 1.29 is 8.42 Å². The molecule has 1 aliphatic carbocycles. The van der Waals surface area contributed by atoms with Gasteiger partial charge in [0.05, 0.1) is 0 Å². The zero-order valence-corrected chi connectivity index (χ0v) is 14.5. The van der Waals surface area contributed by atoms with Crippen LogP contribution in [-0.4, -0.2) is 27.5 Å². The molecule has 6 heteroatoms. The smallest absolute Gasteiger partial charge is 0.250 e. The van der Waals surface area contributed by atoms with Crippen LogP contribution in [0.4, 0.5) is 0 Å². The Balaban J connectivity index is 1.77. The summed E-state index contributed by atoms with van der Waals surface area (Å²) in [5.41, 5.74) is 0. The van der Waals surface area contributed by atoms with Gasteiger partial charge in [-0.2, -0.15) is 0 Å². The summed E-state index contributed by atoms with van der Waals surface area (Å²) in [6.45, 7) is 5.65. The average molecular weight is 331 g/mol. The SMILES string of the molecule is CC(C)NCCc1ccc(S(=O)(=O)NCCCC2CC2)s1. The molecule has 0 amide bonds. The van der Waals surface area contributed by atoms with Gasteiger partial charge in [-0.15, -0.1) is 11.3 Å². The highest BCUT2D eigenvalue weighted by atomic mass is 32.2. The second-order valence-corrected chi connectivity index (χ2v) is 9.23. The highest BCUT2D eigenvalue weighted by molar-refractivity contribution is 7.91. The van der Waals surface area contributed by atoms with Gasteiger partial charge in [0.1, 0.15) is 4.21 Å². The van der Waals surface area contributed by atoms with Crippen LogP contribution in [0.5, 0.6) is 0 Å². The molecule has 0 spiro atoms. The maximum absolute atomic E-state index is 12.2. The molecule has 1 saturated carbocycles. The van der Waals surface area contributed by atoms with E-state index in [1.54, 1.807) is 6.07 Å². The van der Waals surface area contributed by atoms with Gasteiger partial charge in [-0.1, -0.05) is 26.7 Å². The highest BCUT2D eigenvalue weighted by Gasteiger charge is 2.21. The lowest BCUT2D eigenvalue weighted by Gasteiger charge is -2.06. The molecule has 1 aromatic heterocycles. The predicted molar refractivity (Wildman–Crippen MR) is 88.3 cm³/mol. The van der Waals surface area contributed by atoms with Gasteiger partial charge in [0.15, 0.2) is 0 Å². The van der Waals surface area contributed by atoms with Crippen molar-refractivity contribution in [2.24, 2.45) is 5.92 Å².